The number of hydrogen-bond acceptors (Lipinski definition) is 5. The molecule has 0 aromatic heterocycles. The zero-order chi connectivity index (χ0) is 21.4. The first-order valence-corrected chi connectivity index (χ1v) is 10.1. The maximum absolute atomic E-state index is 12.6. The van der Waals surface area contributed by atoms with Gasteiger partial charge in [-0.25, -0.2) is 0 Å². The number of carbonyl (C=O) groups is 3. The highest BCUT2D eigenvalue weighted by molar-refractivity contribution is 6.30. The largest absolute Gasteiger partial charge is 0.463 e. The maximum Gasteiger partial charge on any atom is 0.309 e. The van der Waals surface area contributed by atoms with Gasteiger partial charge in [-0.3, -0.25) is 14.4 Å². The Morgan fingerprint density at radius 1 is 1.21 bits per heavy atom. The number of nitrogens with one attached hydrogen (secondary N) is 1. The van der Waals surface area contributed by atoms with E-state index < -0.39 is 29.5 Å². The van der Waals surface area contributed by atoms with Crippen LogP contribution >= 0.6 is 11.6 Å². The molecule has 2 atom stereocenters. The molecule has 1 aliphatic rings. The average molecular weight is 422 g/mol. The summed E-state index contributed by atoms with van der Waals surface area (Å²) in [5.41, 5.74) is 0.165. The molecule has 1 heterocycles. The number of hydrogen-bond donors (Lipinski definition) is 1. The predicted molar refractivity (Wildman–Crippen MR) is 110 cm³/mol. The van der Waals surface area contributed by atoms with Crippen molar-refractivity contribution in [3.63, 3.8) is 0 Å². The number of allylic oxidation sites excluding steroid dienone is 2. The molecule has 0 saturated carbocycles. The van der Waals surface area contributed by atoms with Crippen molar-refractivity contribution in [1.29, 1.82) is 0 Å². The van der Waals surface area contributed by atoms with Crippen LogP contribution in [0.25, 0.3) is 0 Å². The second-order valence-corrected chi connectivity index (χ2v) is 8.47. The minimum Gasteiger partial charge on any atom is -0.463 e. The van der Waals surface area contributed by atoms with Gasteiger partial charge >= 0.3 is 11.9 Å². The molecule has 1 amide bonds. The zero-order valence-corrected chi connectivity index (χ0v) is 17.8. The van der Waals surface area contributed by atoms with E-state index in [2.05, 4.69) is 5.32 Å². The molecule has 158 valence electrons. The number of halogens is 1. The van der Waals surface area contributed by atoms with Gasteiger partial charge in [0.25, 0.3) is 0 Å². The highest BCUT2D eigenvalue weighted by atomic mass is 35.5. The van der Waals surface area contributed by atoms with Crippen molar-refractivity contribution in [2.75, 3.05) is 6.61 Å². The molecule has 1 aromatic rings. The summed E-state index contributed by atoms with van der Waals surface area (Å²) in [6.45, 7) is 5.32. The first-order chi connectivity index (χ1) is 13.6. The van der Waals surface area contributed by atoms with E-state index in [1.807, 2.05) is 12.2 Å². The van der Waals surface area contributed by atoms with Gasteiger partial charge in [0.05, 0.1) is 18.4 Å². The molecule has 6 nitrogen and oxygen atoms in total. The number of carbonyl (C=O) groups excluding carboxylic acids is 3. The third-order valence-electron chi connectivity index (χ3n) is 4.29. The summed E-state index contributed by atoms with van der Waals surface area (Å²) in [5, 5.41) is 3.47. The Kier molecular flexibility index (Phi) is 8.26. The molecule has 0 saturated heterocycles. The number of rotatable bonds is 3. The molecule has 29 heavy (non-hydrogen) atoms. The van der Waals surface area contributed by atoms with Crippen molar-refractivity contribution in [3.8, 4) is 0 Å². The van der Waals surface area contributed by atoms with Crippen LogP contribution in [0.5, 0.6) is 0 Å². The van der Waals surface area contributed by atoms with Crippen LogP contribution in [0.15, 0.2) is 36.4 Å². The number of benzene rings is 1. The van der Waals surface area contributed by atoms with Crippen LogP contribution in [0.1, 0.15) is 58.1 Å². The third kappa shape index (κ3) is 8.28. The molecule has 1 aliphatic heterocycles. The van der Waals surface area contributed by atoms with Gasteiger partial charge in [-0.2, -0.15) is 0 Å². The van der Waals surface area contributed by atoms with Gasteiger partial charge in [0.15, 0.2) is 0 Å². The van der Waals surface area contributed by atoms with Crippen LogP contribution in [0, 0.1) is 5.92 Å². The molecule has 1 aromatic carbocycles. The quantitative estimate of drug-likeness (QED) is 0.586. The first-order valence-electron chi connectivity index (χ1n) is 9.72. The van der Waals surface area contributed by atoms with Gasteiger partial charge in [0, 0.05) is 11.4 Å². The highest BCUT2D eigenvalue weighted by Gasteiger charge is 2.27. The Balaban J connectivity index is 2.13. The fraction of sp³-hybridized carbons (Fsp3) is 0.500. The summed E-state index contributed by atoms with van der Waals surface area (Å²) in [4.78, 5) is 37.0. The van der Waals surface area contributed by atoms with Gasteiger partial charge in [-0.1, -0.05) is 35.9 Å². The fourth-order valence-corrected chi connectivity index (χ4v) is 3.03. The topological polar surface area (TPSA) is 81.7 Å². The van der Waals surface area contributed by atoms with Crippen LogP contribution < -0.4 is 5.32 Å². The van der Waals surface area contributed by atoms with E-state index in [-0.39, 0.29) is 18.9 Å². The minimum atomic E-state index is -0.637. The summed E-state index contributed by atoms with van der Waals surface area (Å²) in [6, 6.07) is 6.51. The van der Waals surface area contributed by atoms with Crippen molar-refractivity contribution >= 4 is 29.4 Å². The van der Waals surface area contributed by atoms with E-state index in [0.29, 0.717) is 24.3 Å². The molecule has 2 rings (SSSR count). The summed E-state index contributed by atoms with van der Waals surface area (Å²) >= 11 is 5.94. The van der Waals surface area contributed by atoms with Gasteiger partial charge in [0.1, 0.15) is 12.2 Å². The van der Waals surface area contributed by atoms with E-state index in [0.717, 1.165) is 5.56 Å². The smallest absolute Gasteiger partial charge is 0.309 e. The molecule has 0 radical (unpaired) electrons. The molecule has 1 N–H and O–H groups in total. The number of esters is 2. The number of cyclic esters (lactones) is 1. The van der Waals surface area contributed by atoms with Crippen molar-refractivity contribution in [2.45, 2.75) is 58.1 Å². The van der Waals surface area contributed by atoms with Crippen LogP contribution in [0.2, 0.25) is 5.02 Å². The summed E-state index contributed by atoms with van der Waals surface area (Å²) in [7, 11) is 0. The second kappa shape index (κ2) is 10.4. The molecule has 0 unspecified atom stereocenters. The first kappa shape index (κ1) is 22.9. The number of ether oxygens (including phenoxy) is 2. The summed E-state index contributed by atoms with van der Waals surface area (Å²) < 4.78 is 10.8. The zero-order valence-electron chi connectivity index (χ0n) is 17.1. The van der Waals surface area contributed by atoms with E-state index in [1.54, 1.807) is 45.0 Å². The highest BCUT2D eigenvalue weighted by Crippen LogP contribution is 2.21. The second-order valence-electron chi connectivity index (χ2n) is 8.03. The standard InChI is InChI=1S/C22H28ClNO5/c1-22(2,3)29-20(26)13-16-7-5-4-6-8-19(25)24-18(14-28-21(16)27)15-9-11-17(23)12-10-15/h4-5,9-12,16,18H,6-8,13-14H2,1-3H3,(H,24,25)/b5-4+/t16-,18-/m0/s1. The van der Waals surface area contributed by atoms with Crippen molar-refractivity contribution in [2.24, 2.45) is 5.92 Å². The van der Waals surface area contributed by atoms with Crippen molar-refractivity contribution in [1.82, 2.24) is 5.32 Å². The lowest BCUT2D eigenvalue weighted by molar-refractivity contribution is -0.161. The van der Waals surface area contributed by atoms with Crippen LogP contribution in [-0.4, -0.2) is 30.1 Å². The van der Waals surface area contributed by atoms with Crippen LogP contribution in [0.4, 0.5) is 0 Å². The van der Waals surface area contributed by atoms with Crippen molar-refractivity contribution in [3.05, 3.63) is 47.0 Å². The lowest BCUT2D eigenvalue weighted by Crippen LogP contribution is -2.34. The van der Waals surface area contributed by atoms with Gasteiger partial charge in [0.2, 0.25) is 5.91 Å². The van der Waals surface area contributed by atoms with Gasteiger partial charge < -0.3 is 14.8 Å². The van der Waals surface area contributed by atoms with E-state index >= 15 is 0 Å². The summed E-state index contributed by atoms with van der Waals surface area (Å²) in [6.07, 6.45) is 4.82. The fourth-order valence-electron chi connectivity index (χ4n) is 2.91. The third-order valence-corrected chi connectivity index (χ3v) is 4.54. The SMILES string of the molecule is CC(C)(C)OC(=O)C[C@@H]1C/C=C/CCC(=O)N[C@H](c2ccc(Cl)cc2)COC1=O. The van der Waals surface area contributed by atoms with E-state index in [4.69, 9.17) is 21.1 Å². The Labute approximate surface area is 176 Å². The lowest BCUT2D eigenvalue weighted by Gasteiger charge is -2.23. The monoisotopic (exact) mass is 421 g/mol. The Morgan fingerprint density at radius 3 is 2.55 bits per heavy atom. The Hall–Kier alpha value is -2.34. The maximum atomic E-state index is 12.6. The molecule has 0 spiro atoms. The van der Waals surface area contributed by atoms with E-state index in [1.165, 1.54) is 0 Å². The normalized spacial score (nSPS) is 22.5. The van der Waals surface area contributed by atoms with Gasteiger partial charge in [-0.05, 0) is 51.3 Å². The average Bonchev–Trinajstić information content (AvgIpc) is 2.62. The van der Waals surface area contributed by atoms with Gasteiger partial charge in [-0.15, -0.1) is 0 Å². The van der Waals surface area contributed by atoms with Crippen LogP contribution in [0.3, 0.4) is 0 Å². The Bertz CT molecular complexity index is 751. The minimum absolute atomic E-state index is 0.0270. The van der Waals surface area contributed by atoms with E-state index in [9.17, 15) is 14.4 Å². The van der Waals surface area contributed by atoms with Crippen LogP contribution in [-0.2, 0) is 23.9 Å². The Morgan fingerprint density at radius 2 is 1.90 bits per heavy atom. The predicted octanol–water partition coefficient (Wildman–Crippen LogP) is 4.13. The lowest BCUT2D eigenvalue weighted by atomic mass is 10.00. The molecule has 0 aliphatic carbocycles. The molecule has 7 heteroatoms. The molecular formula is C22H28ClNO5. The number of amides is 1. The summed E-state index contributed by atoms with van der Waals surface area (Å²) in [5.74, 6) is -1.70. The van der Waals surface area contributed by atoms with Crippen molar-refractivity contribution < 1.29 is 23.9 Å². The molecule has 0 fully saturated rings. The molecular weight excluding hydrogens is 394 g/mol. The molecule has 0 bridgehead atoms.